The molecule has 1 amide bonds. The summed E-state index contributed by atoms with van der Waals surface area (Å²) in [7, 11) is 3.16. The summed E-state index contributed by atoms with van der Waals surface area (Å²) in [6.45, 7) is 7.43. The van der Waals surface area contributed by atoms with Crippen molar-refractivity contribution in [2.24, 2.45) is 15.9 Å². The first-order chi connectivity index (χ1) is 31.7. The second-order valence-corrected chi connectivity index (χ2v) is 17.1. The third-order valence-corrected chi connectivity index (χ3v) is 12.9. The molecule has 4 heterocycles. The highest BCUT2D eigenvalue weighted by atomic mass is 16.5. The Morgan fingerprint density at radius 2 is 1.54 bits per heavy atom. The van der Waals surface area contributed by atoms with Crippen LogP contribution in [0, 0.1) is 5.92 Å². The number of methoxy groups -OCH3 is 2. The maximum Gasteiger partial charge on any atom is 0.260 e. The van der Waals surface area contributed by atoms with E-state index < -0.39 is 0 Å². The van der Waals surface area contributed by atoms with E-state index in [9.17, 15) is 9.59 Å². The van der Waals surface area contributed by atoms with Crippen LogP contribution in [-0.4, -0.2) is 75.6 Å². The van der Waals surface area contributed by atoms with Crippen LogP contribution >= 0.6 is 0 Å². The molecule has 0 radical (unpaired) electrons. The van der Waals surface area contributed by atoms with Gasteiger partial charge in [0.25, 0.3) is 5.91 Å². The predicted octanol–water partition coefficient (Wildman–Crippen LogP) is 11.6. The van der Waals surface area contributed by atoms with Crippen LogP contribution in [0.25, 0.3) is 11.1 Å². The minimum Gasteiger partial charge on any atom is -0.493 e. The molecule has 2 N–H and O–H groups in total. The van der Waals surface area contributed by atoms with Gasteiger partial charge in [-0.1, -0.05) is 55.8 Å². The quantitative estimate of drug-likeness (QED) is 0.0669. The molecule has 0 spiro atoms. The van der Waals surface area contributed by atoms with E-state index in [1.807, 2.05) is 49.0 Å². The summed E-state index contributed by atoms with van der Waals surface area (Å²) < 4.78 is 23.8. The Kier molecular flexibility index (Phi) is 14.5. The van der Waals surface area contributed by atoms with Crippen LogP contribution in [-0.2, 0) is 0 Å². The Bertz CT molecular complexity index is 2540. The Hall–Kier alpha value is -6.62. The van der Waals surface area contributed by atoms with Crippen molar-refractivity contribution in [2.45, 2.75) is 84.1 Å². The fourth-order valence-corrected chi connectivity index (χ4v) is 9.14. The monoisotopic (exact) mass is 875 g/mol. The maximum absolute atomic E-state index is 13.8. The number of ketones is 1. The zero-order valence-corrected chi connectivity index (χ0v) is 38.2. The summed E-state index contributed by atoms with van der Waals surface area (Å²) in [5, 5.41) is 0. The number of hydrogen-bond donors (Lipinski definition) is 1. The molecule has 338 valence electrons. The van der Waals surface area contributed by atoms with Crippen LogP contribution in [0.15, 0.2) is 107 Å². The fraction of sp³-hybridized carbons (Fsp3) is 0.370. The van der Waals surface area contributed by atoms with Crippen molar-refractivity contribution in [3.05, 3.63) is 119 Å². The number of benzene rings is 4. The first-order valence-electron chi connectivity index (χ1n) is 23.2. The molecule has 0 aromatic heterocycles. The molecule has 2 unspecified atom stereocenters. The van der Waals surface area contributed by atoms with Gasteiger partial charge in [-0.3, -0.25) is 19.6 Å². The van der Waals surface area contributed by atoms with E-state index in [1.54, 1.807) is 42.9 Å². The second-order valence-electron chi connectivity index (χ2n) is 17.1. The smallest absolute Gasteiger partial charge is 0.260 e. The zero-order valence-electron chi connectivity index (χ0n) is 38.2. The van der Waals surface area contributed by atoms with Crippen LogP contribution in [0.2, 0.25) is 0 Å². The van der Waals surface area contributed by atoms with Gasteiger partial charge < -0.3 is 34.5 Å². The Balaban J connectivity index is 0.828. The zero-order chi connectivity index (χ0) is 45.3. The van der Waals surface area contributed by atoms with Crippen molar-refractivity contribution in [3.8, 4) is 23.0 Å². The van der Waals surface area contributed by atoms with Crippen molar-refractivity contribution in [1.29, 1.82) is 0 Å². The first kappa shape index (κ1) is 45.0. The molecule has 11 nitrogen and oxygen atoms in total. The van der Waals surface area contributed by atoms with E-state index in [2.05, 4.69) is 55.2 Å². The molecule has 0 saturated carbocycles. The molecule has 4 aromatic carbocycles. The summed E-state index contributed by atoms with van der Waals surface area (Å²) in [6.07, 6.45) is 18.7. The molecule has 4 aliphatic heterocycles. The molecule has 0 bridgehead atoms. The number of allylic oxidation sites excluding steroid dienone is 2. The van der Waals surface area contributed by atoms with E-state index in [0.717, 1.165) is 69.2 Å². The standard InChI is InChI=1S/C54H61N5O6/c1-5-36-12-11-22-58(23-20-36)43-17-15-39(16-18-43)38(6-2)26-37-19-21-56-47-32-52(50(62-3)30-45(47)49(60)27-37)64-24-8-7-9-25-65-53-33-48-46(31-51(53)63-4)54(61)59-35-41(29-44(59)34-57-48)40-13-10-14-42(55)28-40/h10,12-18,21,26,28,30-35,37,44H,5-9,11,19-20,22-25,27,29,55H2,1-4H3/b38-26+,56-21?. The molecular formula is C54H61N5O6. The summed E-state index contributed by atoms with van der Waals surface area (Å²) in [4.78, 5) is 41.3. The van der Waals surface area contributed by atoms with E-state index in [-0.39, 0.29) is 23.7 Å². The van der Waals surface area contributed by atoms with Crippen LogP contribution < -0.4 is 29.6 Å². The SMILES string of the molecule is CCC1=CCCN(c2ccc(/C(=C/C3CC=Nc4cc(OCCCCCOc5cc6c(cc5OC)C(=O)N5C=C(c7cccc(N)c7)CC5C=N6)c(OC)cc4C(=O)C3)CC)cc2)CC1. The van der Waals surface area contributed by atoms with Gasteiger partial charge in [-0.2, -0.15) is 0 Å². The van der Waals surface area contributed by atoms with E-state index in [0.29, 0.717) is 83.7 Å². The Labute approximate surface area is 383 Å². The molecule has 8 rings (SSSR count). The number of carbonyl (C=O) groups excluding carboxylic acids is 2. The van der Waals surface area contributed by atoms with Gasteiger partial charge in [0, 0.05) is 73.6 Å². The maximum atomic E-state index is 13.8. The van der Waals surface area contributed by atoms with Crippen molar-refractivity contribution in [3.63, 3.8) is 0 Å². The highest BCUT2D eigenvalue weighted by molar-refractivity contribution is 6.05. The lowest BCUT2D eigenvalue weighted by atomic mass is 9.89. The van der Waals surface area contributed by atoms with Gasteiger partial charge >= 0.3 is 0 Å². The van der Waals surface area contributed by atoms with Gasteiger partial charge in [-0.05, 0) is 116 Å². The summed E-state index contributed by atoms with van der Waals surface area (Å²) in [5.74, 6) is 2.02. The Morgan fingerprint density at radius 3 is 2.23 bits per heavy atom. The number of Topliss-reactive ketones (excluding diaryl/α,β-unsaturated/α-hetero) is 1. The highest BCUT2D eigenvalue weighted by Gasteiger charge is 2.33. The molecule has 65 heavy (non-hydrogen) atoms. The molecule has 0 fully saturated rings. The van der Waals surface area contributed by atoms with Gasteiger partial charge in [0.1, 0.15) is 0 Å². The summed E-state index contributed by atoms with van der Waals surface area (Å²) >= 11 is 0. The number of amides is 1. The lowest BCUT2D eigenvalue weighted by molar-refractivity contribution is 0.0817. The van der Waals surface area contributed by atoms with Crippen molar-refractivity contribution in [2.75, 3.05) is 51.2 Å². The van der Waals surface area contributed by atoms with Gasteiger partial charge in [0.05, 0.1) is 50.4 Å². The number of nitrogen functional groups attached to an aromatic ring is 1. The number of anilines is 2. The van der Waals surface area contributed by atoms with E-state index in [1.165, 1.54) is 16.8 Å². The largest absolute Gasteiger partial charge is 0.493 e. The number of nitrogens with two attached hydrogens (primary N) is 1. The average molecular weight is 876 g/mol. The molecule has 2 atom stereocenters. The molecule has 4 aliphatic rings. The van der Waals surface area contributed by atoms with Crippen molar-refractivity contribution < 1.29 is 28.5 Å². The number of fused-ring (bicyclic) bond motifs is 3. The van der Waals surface area contributed by atoms with E-state index >= 15 is 0 Å². The minimum absolute atomic E-state index is 0.0331. The van der Waals surface area contributed by atoms with Crippen molar-refractivity contribution in [1.82, 2.24) is 4.90 Å². The average Bonchev–Trinajstić information content (AvgIpc) is 3.54. The third kappa shape index (κ3) is 10.5. The predicted molar refractivity (Wildman–Crippen MR) is 262 cm³/mol. The molecule has 11 heteroatoms. The van der Waals surface area contributed by atoms with Crippen LogP contribution in [0.5, 0.6) is 23.0 Å². The summed E-state index contributed by atoms with van der Waals surface area (Å²) in [5.41, 5.74) is 16.2. The Morgan fingerprint density at radius 1 is 0.815 bits per heavy atom. The molecular weight excluding hydrogens is 815 g/mol. The number of nitrogens with zero attached hydrogens (tertiary/aromatic N) is 4. The van der Waals surface area contributed by atoms with Gasteiger partial charge in [-0.15, -0.1) is 0 Å². The topological polar surface area (TPSA) is 128 Å². The first-order valence-corrected chi connectivity index (χ1v) is 23.2. The van der Waals surface area contributed by atoms with Crippen molar-refractivity contribution >= 4 is 58.0 Å². The summed E-state index contributed by atoms with van der Waals surface area (Å²) in [6, 6.07) is 23.5. The van der Waals surface area contributed by atoms with E-state index in [4.69, 9.17) is 34.7 Å². The van der Waals surface area contributed by atoms with Gasteiger partial charge in [-0.25, -0.2) is 0 Å². The molecule has 0 saturated heterocycles. The lowest BCUT2D eigenvalue weighted by Gasteiger charge is -2.23. The van der Waals surface area contributed by atoms with Crippen LogP contribution in [0.1, 0.15) is 110 Å². The number of ether oxygens (including phenoxy) is 4. The number of aliphatic imine (C=N–C) groups is 2. The number of carbonyl (C=O) groups is 2. The van der Waals surface area contributed by atoms with Crippen LogP contribution in [0.4, 0.5) is 22.7 Å². The highest BCUT2D eigenvalue weighted by Crippen LogP contribution is 2.41. The number of rotatable bonds is 16. The minimum atomic E-state index is -0.194. The van der Waals surface area contributed by atoms with Gasteiger partial charge in [0.2, 0.25) is 0 Å². The number of hydrogen-bond acceptors (Lipinski definition) is 10. The third-order valence-electron chi connectivity index (χ3n) is 12.9. The fourth-order valence-electron chi connectivity index (χ4n) is 9.14. The normalized spacial score (nSPS) is 18.4. The molecule has 4 aromatic rings. The van der Waals surface area contributed by atoms with Crippen LogP contribution in [0.3, 0.4) is 0 Å². The lowest BCUT2D eigenvalue weighted by Crippen LogP contribution is -2.32. The number of unbranched alkanes of at least 4 members (excludes halogenated alkanes) is 2. The van der Waals surface area contributed by atoms with Gasteiger partial charge in [0.15, 0.2) is 28.8 Å². The second kappa shape index (κ2) is 20.9. The molecule has 0 aliphatic carbocycles.